The molecule has 1 aliphatic carbocycles. The monoisotopic (exact) mass is 778 g/mol. The topological polar surface area (TPSA) is 126 Å². The number of nitrogens with zero attached hydrogens (tertiary/aromatic N) is 1. The van der Waals surface area contributed by atoms with Crippen LogP contribution in [0.1, 0.15) is 89.4 Å². The number of piperidine rings is 1. The number of carbonyl (C=O) groups is 2. The number of sulfonamides is 1. The number of alkyl halides is 3. The van der Waals surface area contributed by atoms with E-state index in [1.165, 1.54) is 12.1 Å². The summed E-state index contributed by atoms with van der Waals surface area (Å²) in [6.07, 6.45) is 0.530. The average molecular weight is 780 g/mol. The predicted molar refractivity (Wildman–Crippen MR) is 190 cm³/mol. The van der Waals surface area contributed by atoms with Crippen LogP contribution in [-0.2, 0) is 26.0 Å². The van der Waals surface area contributed by atoms with Crippen LogP contribution in [0.15, 0.2) is 41.3 Å². The maximum absolute atomic E-state index is 13.0. The predicted octanol–water partition coefficient (Wildman–Crippen LogP) is 7.32. The molecule has 4 rings (SSSR count). The second-order valence-electron chi connectivity index (χ2n) is 14.0. The minimum absolute atomic E-state index is 0.0346. The molecule has 2 aromatic rings. The fourth-order valence-corrected chi connectivity index (χ4v) is 8.03. The number of ether oxygens (including phenoxy) is 2. The summed E-state index contributed by atoms with van der Waals surface area (Å²) in [6, 6.07) is 9.58. The normalized spacial score (nSPS) is 19.7. The Balaban J connectivity index is 1.30. The highest BCUT2D eigenvalue weighted by molar-refractivity contribution is 7.89. The molecule has 1 aliphatic heterocycles. The summed E-state index contributed by atoms with van der Waals surface area (Å²) in [7, 11) is -3.77. The van der Waals surface area contributed by atoms with Crippen molar-refractivity contribution >= 4 is 45.2 Å². The number of rotatable bonds is 15. The molecule has 0 spiro atoms. The van der Waals surface area contributed by atoms with E-state index in [0.717, 1.165) is 49.8 Å². The Labute approximate surface area is 308 Å². The van der Waals surface area contributed by atoms with Crippen LogP contribution in [-0.4, -0.2) is 75.4 Å². The van der Waals surface area contributed by atoms with Crippen molar-refractivity contribution in [3.63, 3.8) is 0 Å². The van der Waals surface area contributed by atoms with Gasteiger partial charge in [-0.15, -0.1) is 0 Å². The first-order valence-electron chi connectivity index (χ1n) is 17.3. The van der Waals surface area contributed by atoms with Gasteiger partial charge in [0.05, 0.1) is 10.9 Å². The van der Waals surface area contributed by atoms with Crippen LogP contribution < -0.4 is 20.1 Å². The number of benzene rings is 2. The van der Waals surface area contributed by atoms with E-state index in [4.69, 9.17) is 32.7 Å². The molecule has 284 valence electrons. The van der Waals surface area contributed by atoms with Gasteiger partial charge in [0.1, 0.15) is 17.5 Å². The van der Waals surface area contributed by atoms with Crippen molar-refractivity contribution in [1.82, 2.24) is 20.3 Å². The Morgan fingerprint density at radius 3 is 2.25 bits per heavy atom. The lowest BCUT2D eigenvalue weighted by Crippen LogP contribution is -2.53. The average Bonchev–Trinajstić information content (AvgIpc) is 3.39. The molecule has 0 bridgehead atoms. The van der Waals surface area contributed by atoms with Crippen molar-refractivity contribution in [1.29, 1.82) is 0 Å². The Morgan fingerprint density at radius 2 is 1.61 bits per heavy atom. The molecule has 10 nitrogen and oxygen atoms in total. The number of fused-ring (bicyclic) bond motifs is 1. The summed E-state index contributed by atoms with van der Waals surface area (Å²) in [5, 5.41) is 5.89. The van der Waals surface area contributed by atoms with Crippen molar-refractivity contribution in [2.24, 2.45) is 0 Å². The number of likely N-dealkylation sites (tertiary alicyclic amines) is 1. The van der Waals surface area contributed by atoms with Gasteiger partial charge in [-0.1, -0.05) is 48.9 Å². The second kappa shape index (κ2) is 17.8. The molecule has 3 atom stereocenters. The van der Waals surface area contributed by atoms with Crippen LogP contribution in [0, 0.1) is 0 Å². The maximum atomic E-state index is 13.0. The van der Waals surface area contributed by atoms with E-state index in [1.54, 1.807) is 18.2 Å². The van der Waals surface area contributed by atoms with Crippen molar-refractivity contribution < 1.29 is 40.7 Å². The number of hydrogen-bond acceptors (Lipinski definition) is 7. The largest absolute Gasteiger partial charge is 0.484 e. The fourth-order valence-electron chi connectivity index (χ4n) is 6.37. The minimum atomic E-state index is -4.87. The van der Waals surface area contributed by atoms with Gasteiger partial charge < -0.3 is 20.1 Å². The Morgan fingerprint density at radius 1 is 0.961 bits per heavy atom. The van der Waals surface area contributed by atoms with Crippen LogP contribution >= 0.6 is 23.2 Å². The van der Waals surface area contributed by atoms with Crippen molar-refractivity contribution in [3.8, 4) is 5.75 Å². The molecule has 0 saturated carbocycles. The summed E-state index contributed by atoms with van der Waals surface area (Å²) < 4.78 is 77.2. The van der Waals surface area contributed by atoms with E-state index in [-0.39, 0.29) is 30.1 Å². The number of alkyl carbamates (subject to hydrolysis) is 1. The van der Waals surface area contributed by atoms with E-state index in [9.17, 15) is 31.2 Å². The molecule has 0 radical (unpaired) electrons. The lowest BCUT2D eigenvalue weighted by molar-refractivity contribution is -0.173. The van der Waals surface area contributed by atoms with E-state index in [0.29, 0.717) is 48.0 Å². The van der Waals surface area contributed by atoms with Gasteiger partial charge in [0.15, 0.2) is 0 Å². The van der Waals surface area contributed by atoms with Crippen LogP contribution in [0.3, 0.4) is 0 Å². The Hall–Kier alpha value is -2.78. The summed E-state index contributed by atoms with van der Waals surface area (Å²) >= 11 is 13.1. The first-order valence-corrected chi connectivity index (χ1v) is 19.5. The number of carbonyl (C=O) groups excluding carboxylic acids is 2. The van der Waals surface area contributed by atoms with E-state index < -0.39 is 39.9 Å². The SMILES string of the molecule is CC(C)(C)OC(=O)N[C@@H]1CCCN([C@H]2Cc3c(Cl)cc(Cl)cc3[C@@H]2Oc2ccc(S(=O)(=O)NCCCCCCCCNC(=O)C(F)(F)F)cc2)C1. The van der Waals surface area contributed by atoms with Gasteiger partial charge in [-0.05, 0) is 101 Å². The van der Waals surface area contributed by atoms with Crippen LogP contribution in [0.5, 0.6) is 5.75 Å². The highest BCUT2D eigenvalue weighted by Crippen LogP contribution is 2.43. The fraction of sp³-hybridized carbons (Fsp3) is 0.600. The molecular formula is C35H47Cl2F3N4O6S. The van der Waals surface area contributed by atoms with Crippen molar-refractivity contribution in [2.45, 2.75) is 113 Å². The van der Waals surface area contributed by atoms with Gasteiger partial charge in [0.25, 0.3) is 0 Å². The molecule has 51 heavy (non-hydrogen) atoms. The number of unbranched alkanes of at least 4 members (excludes halogenated alkanes) is 5. The van der Waals surface area contributed by atoms with Gasteiger partial charge in [-0.3, -0.25) is 9.69 Å². The molecule has 16 heteroatoms. The minimum Gasteiger partial charge on any atom is -0.484 e. The first-order chi connectivity index (χ1) is 23.9. The smallest absolute Gasteiger partial charge is 0.471 e. The molecule has 1 saturated heterocycles. The Bertz CT molecular complexity index is 1610. The highest BCUT2D eigenvalue weighted by atomic mass is 35.5. The van der Waals surface area contributed by atoms with Crippen molar-refractivity contribution in [2.75, 3.05) is 26.2 Å². The van der Waals surface area contributed by atoms with Gasteiger partial charge in [-0.25, -0.2) is 17.9 Å². The molecular weight excluding hydrogens is 732 g/mol. The number of nitrogens with one attached hydrogen (secondary N) is 3. The lowest BCUT2D eigenvalue weighted by atomic mass is 10.0. The molecule has 0 unspecified atom stereocenters. The molecule has 1 heterocycles. The molecule has 1 fully saturated rings. The highest BCUT2D eigenvalue weighted by Gasteiger charge is 2.41. The van der Waals surface area contributed by atoms with Crippen LogP contribution in [0.4, 0.5) is 18.0 Å². The summed E-state index contributed by atoms with van der Waals surface area (Å²) in [6.45, 7) is 7.06. The van der Waals surface area contributed by atoms with Crippen molar-refractivity contribution in [3.05, 3.63) is 57.6 Å². The number of halogens is 5. The van der Waals surface area contributed by atoms with E-state index in [2.05, 4.69) is 14.9 Å². The number of hydrogen-bond donors (Lipinski definition) is 3. The van der Waals surface area contributed by atoms with Crippen LogP contribution in [0.2, 0.25) is 10.0 Å². The van der Waals surface area contributed by atoms with Gasteiger partial charge in [0.2, 0.25) is 10.0 Å². The van der Waals surface area contributed by atoms with Gasteiger partial charge >= 0.3 is 18.2 Å². The zero-order valence-corrected chi connectivity index (χ0v) is 31.4. The quantitative estimate of drug-likeness (QED) is 0.162. The molecule has 2 aliphatic rings. The molecule has 2 amide bonds. The lowest BCUT2D eigenvalue weighted by Gasteiger charge is -2.39. The van der Waals surface area contributed by atoms with Crippen LogP contribution in [0.25, 0.3) is 0 Å². The molecule has 2 aromatic carbocycles. The first kappa shape index (κ1) is 41.0. The third kappa shape index (κ3) is 12.4. The molecule has 0 aromatic heterocycles. The standard InChI is InChI=1S/C35H47Cl2F3N4O6S/c1-34(2,3)50-33(46)43-24-11-10-18-44(22-24)30-21-27-28(19-23(36)20-29(27)37)31(30)49-25-12-14-26(15-13-25)51(47,48)42-17-9-7-5-4-6-8-16-41-32(45)35(38,39)40/h12-15,19-20,24,30-31,42H,4-11,16-18,21-22H2,1-3H3,(H,41,45)(H,43,46)/t24-,30+,31+/m1/s1. The maximum Gasteiger partial charge on any atom is 0.471 e. The third-order valence-electron chi connectivity index (χ3n) is 8.74. The number of amides is 2. The third-order valence-corrected chi connectivity index (χ3v) is 10.8. The summed E-state index contributed by atoms with van der Waals surface area (Å²) in [5.74, 6) is -1.45. The van der Waals surface area contributed by atoms with Gasteiger partial charge in [-0.2, -0.15) is 13.2 Å². The summed E-state index contributed by atoms with van der Waals surface area (Å²) in [5.41, 5.74) is 1.20. The van der Waals surface area contributed by atoms with E-state index in [1.807, 2.05) is 32.2 Å². The van der Waals surface area contributed by atoms with E-state index >= 15 is 0 Å². The zero-order chi connectivity index (χ0) is 37.4. The second-order valence-corrected chi connectivity index (χ2v) is 16.6. The van der Waals surface area contributed by atoms with Gasteiger partial charge in [0, 0.05) is 41.3 Å². The molecule has 3 N–H and O–H groups in total. The summed E-state index contributed by atoms with van der Waals surface area (Å²) in [4.78, 5) is 25.7. The Kier molecular flexibility index (Phi) is 14.3. The zero-order valence-electron chi connectivity index (χ0n) is 29.1.